The molecule has 1 heterocycles. The molecule has 0 aliphatic rings. The molecule has 29 heavy (non-hydrogen) atoms. The Morgan fingerprint density at radius 1 is 1.03 bits per heavy atom. The minimum Gasteiger partial charge on any atom is -0.279 e. The van der Waals surface area contributed by atoms with E-state index in [1.165, 1.54) is 30.5 Å². The molecule has 0 radical (unpaired) electrons. The van der Waals surface area contributed by atoms with Crippen LogP contribution in [0.2, 0.25) is 0 Å². The number of hydrogen-bond donors (Lipinski definition) is 2. The summed E-state index contributed by atoms with van der Waals surface area (Å²) in [6.07, 6.45) is 3.01. The van der Waals surface area contributed by atoms with Crippen LogP contribution in [0.15, 0.2) is 76.9 Å². The molecule has 1 amide bonds. The van der Waals surface area contributed by atoms with Crippen molar-refractivity contribution in [3.05, 3.63) is 89.2 Å². The van der Waals surface area contributed by atoms with Crippen molar-refractivity contribution in [2.24, 2.45) is 5.10 Å². The van der Waals surface area contributed by atoms with Crippen LogP contribution in [0.3, 0.4) is 0 Å². The molecule has 0 aliphatic carbocycles. The van der Waals surface area contributed by atoms with Gasteiger partial charge in [-0.2, -0.15) is 5.10 Å². The molecule has 0 bridgehead atoms. The van der Waals surface area contributed by atoms with Gasteiger partial charge in [0.25, 0.3) is 15.9 Å². The molecule has 0 unspecified atom stereocenters. The average Bonchev–Trinajstić information content (AvgIpc) is 2.71. The number of aromatic nitrogens is 1. The highest BCUT2D eigenvalue weighted by molar-refractivity contribution is 7.92. The maximum Gasteiger partial charge on any atom is 0.271 e. The number of carbonyl (C=O) groups is 1. The summed E-state index contributed by atoms with van der Waals surface area (Å²) in [7, 11) is -3.85. The molecule has 148 valence electrons. The third-order valence-electron chi connectivity index (χ3n) is 4.08. The second-order valence-electron chi connectivity index (χ2n) is 6.41. The summed E-state index contributed by atoms with van der Waals surface area (Å²) in [6, 6.07) is 16.5. The SMILES string of the molecule is Cc1ccc(NS(=O)(=O)c2cccc(C(=O)NN=Cc3ccccn3)c2)c(C)c1. The Hall–Kier alpha value is -3.52. The van der Waals surface area contributed by atoms with Crippen molar-refractivity contribution in [2.45, 2.75) is 18.7 Å². The highest BCUT2D eigenvalue weighted by atomic mass is 32.2. The maximum absolute atomic E-state index is 12.7. The molecule has 3 rings (SSSR count). The molecule has 0 atom stereocenters. The van der Waals surface area contributed by atoms with Crippen molar-refractivity contribution < 1.29 is 13.2 Å². The minimum atomic E-state index is -3.85. The van der Waals surface area contributed by atoms with Gasteiger partial charge in [0.1, 0.15) is 0 Å². The first-order chi connectivity index (χ1) is 13.8. The number of benzene rings is 2. The molecule has 0 saturated carbocycles. The van der Waals surface area contributed by atoms with Gasteiger partial charge < -0.3 is 0 Å². The van der Waals surface area contributed by atoms with Crippen LogP contribution < -0.4 is 10.1 Å². The Morgan fingerprint density at radius 2 is 1.86 bits per heavy atom. The summed E-state index contributed by atoms with van der Waals surface area (Å²) in [4.78, 5) is 16.3. The molecular weight excluding hydrogens is 388 g/mol. The highest BCUT2D eigenvalue weighted by Gasteiger charge is 2.17. The standard InChI is InChI=1S/C21H20N4O3S/c1-15-9-10-20(16(2)12-15)25-29(27,28)19-8-5-6-17(13-19)21(26)24-23-14-18-7-3-4-11-22-18/h3-14,25H,1-2H3,(H,24,26). The van der Waals surface area contributed by atoms with Crippen LogP contribution in [-0.4, -0.2) is 25.5 Å². The van der Waals surface area contributed by atoms with Gasteiger partial charge in [0.2, 0.25) is 0 Å². The molecule has 7 nitrogen and oxygen atoms in total. The van der Waals surface area contributed by atoms with E-state index in [2.05, 4.69) is 20.2 Å². The van der Waals surface area contributed by atoms with Crippen molar-refractivity contribution in [3.8, 4) is 0 Å². The normalized spacial score (nSPS) is 11.4. The first kappa shape index (κ1) is 20.2. The van der Waals surface area contributed by atoms with Crippen molar-refractivity contribution in [2.75, 3.05) is 4.72 Å². The van der Waals surface area contributed by atoms with E-state index in [1.54, 1.807) is 30.5 Å². The fraction of sp³-hybridized carbons (Fsp3) is 0.0952. The van der Waals surface area contributed by atoms with E-state index in [0.717, 1.165) is 11.1 Å². The fourth-order valence-electron chi connectivity index (χ4n) is 2.61. The lowest BCUT2D eigenvalue weighted by molar-refractivity contribution is 0.0955. The number of amides is 1. The first-order valence-electron chi connectivity index (χ1n) is 8.80. The largest absolute Gasteiger partial charge is 0.279 e. The summed E-state index contributed by atoms with van der Waals surface area (Å²) < 4.78 is 28.0. The molecule has 1 aromatic heterocycles. The molecule has 2 N–H and O–H groups in total. The van der Waals surface area contributed by atoms with Crippen LogP contribution >= 0.6 is 0 Å². The van der Waals surface area contributed by atoms with E-state index in [9.17, 15) is 13.2 Å². The topological polar surface area (TPSA) is 101 Å². The molecule has 0 aliphatic heterocycles. The average molecular weight is 408 g/mol. The van der Waals surface area contributed by atoms with Crippen molar-refractivity contribution in [1.29, 1.82) is 0 Å². The Labute approximate surface area is 169 Å². The Morgan fingerprint density at radius 3 is 2.59 bits per heavy atom. The van der Waals surface area contributed by atoms with Gasteiger partial charge in [-0.05, 0) is 55.8 Å². The fourth-order valence-corrected chi connectivity index (χ4v) is 3.79. The van der Waals surface area contributed by atoms with Crippen LogP contribution in [0.5, 0.6) is 0 Å². The van der Waals surface area contributed by atoms with E-state index in [1.807, 2.05) is 26.0 Å². The predicted octanol–water partition coefficient (Wildman–Crippen LogP) is 3.26. The van der Waals surface area contributed by atoms with Crippen molar-refractivity contribution >= 4 is 27.8 Å². The molecule has 0 fully saturated rings. The predicted molar refractivity (Wildman–Crippen MR) is 112 cm³/mol. The van der Waals surface area contributed by atoms with Gasteiger partial charge in [-0.3, -0.25) is 14.5 Å². The van der Waals surface area contributed by atoms with Gasteiger partial charge in [0.05, 0.1) is 22.5 Å². The van der Waals surface area contributed by atoms with E-state index in [0.29, 0.717) is 11.4 Å². The third kappa shape index (κ3) is 5.26. The first-order valence-corrected chi connectivity index (χ1v) is 10.3. The lowest BCUT2D eigenvalue weighted by Gasteiger charge is -2.12. The third-order valence-corrected chi connectivity index (χ3v) is 5.45. The Kier molecular flexibility index (Phi) is 6.04. The second-order valence-corrected chi connectivity index (χ2v) is 8.09. The van der Waals surface area contributed by atoms with E-state index >= 15 is 0 Å². The monoisotopic (exact) mass is 408 g/mol. The van der Waals surface area contributed by atoms with Gasteiger partial charge in [0.15, 0.2) is 0 Å². The lowest BCUT2D eigenvalue weighted by atomic mass is 10.1. The maximum atomic E-state index is 12.7. The number of nitrogens with zero attached hydrogens (tertiary/aromatic N) is 2. The summed E-state index contributed by atoms with van der Waals surface area (Å²) in [5.74, 6) is -0.527. The minimum absolute atomic E-state index is 0.0150. The number of sulfonamides is 1. The number of rotatable bonds is 6. The van der Waals surface area contributed by atoms with Gasteiger partial charge in [-0.25, -0.2) is 13.8 Å². The number of nitrogens with one attached hydrogen (secondary N) is 2. The molecule has 2 aromatic carbocycles. The van der Waals surface area contributed by atoms with Crippen LogP contribution in [0.25, 0.3) is 0 Å². The number of aryl methyl sites for hydroxylation is 2. The number of hydrogen-bond acceptors (Lipinski definition) is 5. The zero-order chi connectivity index (χ0) is 20.9. The molecule has 8 heteroatoms. The summed E-state index contributed by atoms with van der Waals surface area (Å²) >= 11 is 0. The van der Waals surface area contributed by atoms with Crippen molar-refractivity contribution in [3.63, 3.8) is 0 Å². The number of carbonyl (C=O) groups excluding carboxylic acids is 1. The van der Waals surface area contributed by atoms with Gasteiger partial charge in [0, 0.05) is 11.8 Å². The zero-order valence-electron chi connectivity index (χ0n) is 16.0. The number of hydrazone groups is 1. The van der Waals surface area contributed by atoms with Crippen LogP contribution in [0, 0.1) is 13.8 Å². The molecule has 0 spiro atoms. The smallest absolute Gasteiger partial charge is 0.271 e. The lowest BCUT2D eigenvalue weighted by Crippen LogP contribution is -2.19. The molecular formula is C21H20N4O3S. The molecule has 0 saturated heterocycles. The van der Waals surface area contributed by atoms with Gasteiger partial charge in [-0.1, -0.05) is 29.8 Å². The summed E-state index contributed by atoms with van der Waals surface area (Å²) in [5, 5.41) is 3.85. The zero-order valence-corrected chi connectivity index (χ0v) is 16.8. The van der Waals surface area contributed by atoms with E-state index < -0.39 is 15.9 Å². The van der Waals surface area contributed by atoms with Crippen LogP contribution in [0.1, 0.15) is 27.2 Å². The highest BCUT2D eigenvalue weighted by Crippen LogP contribution is 2.21. The van der Waals surface area contributed by atoms with E-state index in [-0.39, 0.29) is 10.5 Å². The number of pyridine rings is 1. The van der Waals surface area contributed by atoms with E-state index in [4.69, 9.17) is 0 Å². The summed E-state index contributed by atoms with van der Waals surface area (Å²) in [5.41, 5.74) is 5.46. The quantitative estimate of drug-likeness (QED) is 0.483. The molecule has 3 aromatic rings. The number of anilines is 1. The Balaban J connectivity index is 1.75. The Bertz CT molecular complexity index is 1160. The van der Waals surface area contributed by atoms with Gasteiger partial charge >= 0.3 is 0 Å². The van der Waals surface area contributed by atoms with Crippen LogP contribution in [0.4, 0.5) is 5.69 Å². The van der Waals surface area contributed by atoms with Gasteiger partial charge in [-0.15, -0.1) is 0 Å². The van der Waals surface area contributed by atoms with Crippen molar-refractivity contribution in [1.82, 2.24) is 10.4 Å². The van der Waals surface area contributed by atoms with Crippen LogP contribution in [-0.2, 0) is 10.0 Å². The second kappa shape index (κ2) is 8.66. The summed E-state index contributed by atoms with van der Waals surface area (Å²) in [6.45, 7) is 3.76.